The van der Waals surface area contributed by atoms with Crippen LogP contribution in [0.5, 0.6) is 0 Å². The molecule has 0 aromatic carbocycles. The summed E-state index contributed by atoms with van der Waals surface area (Å²) in [7, 11) is 0. The van der Waals surface area contributed by atoms with Gasteiger partial charge in [-0.15, -0.1) is 22.7 Å². The van der Waals surface area contributed by atoms with Crippen LogP contribution in [0.15, 0.2) is 40.3 Å². The molecule has 2 aromatic rings. The van der Waals surface area contributed by atoms with Crippen molar-refractivity contribution in [2.24, 2.45) is 10.9 Å². The van der Waals surface area contributed by atoms with Crippen LogP contribution in [0.4, 0.5) is 0 Å². The molecule has 0 bridgehead atoms. The van der Waals surface area contributed by atoms with Gasteiger partial charge < -0.3 is 0 Å². The molecule has 29 heavy (non-hydrogen) atoms. The summed E-state index contributed by atoms with van der Waals surface area (Å²) in [6.45, 7) is 21.8. The molecule has 3 heterocycles. The first kappa shape index (κ1) is 32.3. The van der Waals surface area contributed by atoms with Crippen LogP contribution in [0.3, 0.4) is 0 Å². The Kier molecular flexibility index (Phi) is 23.8. The van der Waals surface area contributed by atoms with Crippen molar-refractivity contribution in [2.45, 2.75) is 88.5 Å². The summed E-state index contributed by atoms with van der Waals surface area (Å²) in [4.78, 5) is 12.5. The van der Waals surface area contributed by atoms with E-state index in [9.17, 15) is 0 Å². The second-order valence-electron chi connectivity index (χ2n) is 6.37. The highest BCUT2D eigenvalue weighted by atomic mass is 32.1. The highest BCUT2D eigenvalue weighted by Gasteiger charge is 2.02. The van der Waals surface area contributed by atoms with E-state index in [0.29, 0.717) is 17.8 Å². The molecule has 0 fully saturated rings. The third-order valence-corrected chi connectivity index (χ3v) is 5.30. The Morgan fingerprint density at radius 1 is 0.724 bits per heavy atom. The average molecular weight is 440 g/mol. The Morgan fingerprint density at radius 2 is 1.14 bits per heavy atom. The quantitative estimate of drug-likeness (QED) is 0.479. The summed E-state index contributed by atoms with van der Waals surface area (Å²) in [6.07, 6.45) is 7.89. The van der Waals surface area contributed by atoms with Crippen LogP contribution in [0, 0.1) is 5.92 Å². The van der Waals surface area contributed by atoms with Crippen molar-refractivity contribution in [3.05, 3.63) is 45.3 Å². The number of thiazole rings is 2. The predicted molar refractivity (Wildman–Crippen MR) is 138 cm³/mol. The van der Waals surface area contributed by atoms with Gasteiger partial charge in [-0.1, -0.05) is 82.7 Å². The fraction of sp³-hybridized carbons (Fsp3) is 0.625. The maximum atomic E-state index is 4.24. The van der Waals surface area contributed by atoms with Gasteiger partial charge in [0.05, 0.1) is 16.6 Å². The monoisotopic (exact) mass is 439 g/mol. The molecule has 0 saturated carbocycles. The van der Waals surface area contributed by atoms with E-state index in [0.717, 1.165) is 6.54 Å². The highest BCUT2D eigenvalue weighted by molar-refractivity contribution is 7.09. The molecule has 0 unspecified atom stereocenters. The summed E-state index contributed by atoms with van der Waals surface area (Å²) in [5.41, 5.74) is 1.24. The largest absolute Gasteiger partial charge is 0.285 e. The summed E-state index contributed by atoms with van der Waals surface area (Å²) >= 11 is 3.44. The van der Waals surface area contributed by atoms with Crippen LogP contribution < -0.4 is 0 Å². The van der Waals surface area contributed by atoms with Crippen LogP contribution in [-0.4, -0.2) is 22.2 Å². The number of hydrogen-bond acceptors (Lipinski definition) is 5. The average Bonchev–Trinajstić information content (AvgIpc) is 3.49. The number of aliphatic imine (C=N–C) groups is 1. The molecular weight excluding hydrogens is 394 g/mol. The van der Waals surface area contributed by atoms with Gasteiger partial charge in [-0.25, -0.2) is 9.97 Å². The van der Waals surface area contributed by atoms with Crippen LogP contribution >= 0.6 is 22.7 Å². The van der Waals surface area contributed by atoms with Crippen LogP contribution in [0.1, 0.15) is 98.5 Å². The third kappa shape index (κ3) is 16.2. The van der Waals surface area contributed by atoms with Gasteiger partial charge in [-0.05, 0) is 12.0 Å². The van der Waals surface area contributed by atoms with Gasteiger partial charge in [0.15, 0.2) is 0 Å². The van der Waals surface area contributed by atoms with Gasteiger partial charge in [0.2, 0.25) is 0 Å². The number of hydrogen-bond donors (Lipinski definition) is 0. The first-order valence-corrected chi connectivity index (χ1v) is 12.2. The SMILES string of the molecule is C.CC.CC.CC(C)C1=NCC=C1.CC(C)c1nccs1.CC(C)c1nccs1. The lowest BCUT2D eigenvalue weighted by atomic mass is 10.1. The minimum absolute atomic E-state index is 0. The van der Waals surface area contributed by atoms with Crippen molar-refractivity contribution >= 4 is 28.4 Å². The molecule has 0 radical (unpaired) electrons. The maximum Gasteiger partial charge on any atom is 0.0950 e. The number of aromatic nitrogens is 2. The third-order valence-electron chi connectivity index (χ3n) is 3.15. The molecule has 3 nitrogen and oxygen atoms in total. The van der Waals surface area contributed by atoms with Crippen LogP contribution in [0.2, 0.25) is 0 Å². The van der Waals surface area contributed by atoms with Crippen molar-refractivity contribution in [3.63, 3.8) is 0 Å². The second-order valence-corrected chi connectivity index (χ2v) is 8.22. The number of rotatable bonds is 3. The lowest BCUT2D eigenvalue weighted by molar-refractivity contribution is 0.852. The van der Waals surface area contributed by atoms with Gasteiger partial charge in [-0.3, -0.25) is 4.99 Å². The van der Waals surface area contributed by atoms with Crippen molar-refractivity contribution in [1.82, 2.24) is 9.97 Å². The second kappa shape index (κ2) is 21.4. The Hall–Kier alpha value is -1.33. The Labute approximate surface area is 189 Å². The molecule has 5 heteroatoms. The smallest absolute Gasteiger partial charge is 0.0950 e. The molecule has 0 amide bonds. The first-order chi connectivity index (χ1) is 13.4. The van der Waals surface area contributed by atoms with Gasteiger partial charge >= 0.3 is 0 Å². The molecule has 168 valence electrons. The van der Waals surface area contributed by atoms with E-state index >= 15 is 0 Å². The lowest BCUT2D eigenvalue weighted by Gasteiger charge is -1.98. The van der Waals surface area contributed by atoms with Gasteiger partial charge in [0.25, 0.3) is 0 Å². The van der Waals surface area contributed by atoms with Crippen molar-refractivity contribution in [3.8, 4) is 0 Å². The Balaban J connectivity index is -0.000000316. The number of allylic oxidation sites excluding steroid dienone is 1. The van der Waals surface area contributed by atoms with Gasteiger partial charge in [0, 0.05) is 40.7 Å². The Morgan fingerprint density at radius 3 is 1.28 bits per heavy atom. The summed E-state index contributed by atoms with van der Waals surface area (Å²) < 4.78 is 0. The van der Waals surface area contributed by atoms with Crippen LogP contribution in [-0.2, 0) is 0 Å². The van der Waals surface area contributed by atoms with E-state index in [1.165, 1.54) is 15.7 Å². The molecule has 0 saturated heterocycles. The summed E-state index contributed by atoms with van der Waals surface area (Å²) in [5, 5.41) is 6.47. The first-order valence-electron chi connectivity index (χ1n) is 10.4. The highest BCUT2D eigenvalue weighted by Crippen LogP contribution is 2.15. The minimum Gasteiger partial charge on any atom is -0.285 e. The van der Waals surface area contributed by atoms with Crippen LogP contribution in [0.25, 0.3) is 0 Å². The molecule has 1 aliphatic rings. The fourth-order valence-corrected chi connectivity index (χ4v) is 3.11. The molecule has 0 atom stereocenters. The lowest BCUT2D eigenvalue weighted by Crippen LogP contribution is -2.00. The molecule has 2 aromatic heterocycles. The van der Waals surface area contributed by atoms with E-state index in [4.69, 9.17) is 0 Å². The van der Waals surface area contributed by atoms with Crippen molar-refractivity contribution in [1.29, 1.82) is 0 Å². The predicted octanol–water partition coefficient (Wildman–Crippen LogP) is 8.87. The van der Waals surface area contributed by atoms with E-state index in [1.807, 2.05) is 50.8 Å². The molecular formula is C24H45N3S2. The normalized spacial score (nSPS) is 11.0. The minimum atomic E-state index is 0. The molecule has 0 aliphatic carbocycles. The zero-order valence-electron chi connectivity index (χ0n) is 19.6. The standard InChI is InChI=1S/C7H11N.2C6H9NS.2C2H6.CH4/c1-6(2)7-4-3-5-8-7;2*1-5(2)6-7-3-4-8-6;2*1-2;/h3-4,6H,5H2,1-2H3;2*3-5H,1-2H3;2*1-2H3;1H4. The van der Waals surface area contributed by atoms with Crippen molar-refractivity contribution < 1.29 is 0 Å². The summed E-state index contributed by atoms with van der Waals surface area (Å²) in [6, 6.07) is 0. The summed E-state index contributed by atoms with van der Waals surface area (Å²) in [5.74, 6) is 1.79. The topological polar surface area (TPSA) is 38.1 Å². The zero-order valence-corrected chi connectivity index (χ0v) is 21.2. The molecule has 3 rings (SSSR count). The van der Waals surface area contributed by atoms with Gasteiger partial charge in [-0.2, -0.15) is 0 Å². The van der Waals surface area contributed by atoms with E-state index < -0.39 is 0 Å². The van der Waals surface area contributed by atoms with Crippen molar-refractivity contribution in [2.75, 3.05) is 6.54 Å². The number of nitrogens with zero attached hydrogens (tertiary/aromatic N) is 3. The Bertz CT molecular complexity index is 558. The molecule has 0 spiro atoms. The van der Waals surface area contributed by atoms with E-state index in [1.54, 1.807) is 22.7 Å². The maximum absolute atomic E-state index is 4.24. The van der Waals surface area contributed by atoms with E-state index in [-0.39, 0.29) is 7.43 Å². The van der Waals surface area contributed by atoms with E-state index in [2.05, 4.69) is 68.7 Å². The zero-order chi connectivity index (χ0) is 21.9. The van der Waals surface area contributed by atoms with Gasteiger partial charge in [0.1, 0.15) is 0 Å². The molecule has 0 N–H and O–H groups in total. The molecule has 1 aliphatic heterocycles. The fourth-order valence-electron chi connectivity index (χ4n) is 1.80.